The number of nitrogens with one attached hydrogen (secondary N) is 1. The highest BCUT2D eigenvalue weighted by Crippen LogP contribution is 2.44. The Labute approximate surface area is 229 Å². The van der Waals surface area contributed by atoms with Crippen molar-refractivity contribution in [2.24, 2.45) is 0 Å². The van der Waals surface area contributed by atoms with E-state index in [1.165, 1.54) is 18.0 Å². The second-order valence-corrected chi connectivity index (χ2v) is 9.36. The molecular formula is C29H26N4O7. The minimum Gasteiger partial charge on any atom is -0.496 e. The molecular weight excluding hydrogens is 516 g/mol. The number of benzene rings is 3. The van der Waals surface area contributed by atoms with Crippen molar-refractivity contribution in [3.63, 3.8) is 0 Å². The van der Waals surface area contributed by atoms with Crippen molar-refractivity contribution >= 4 is 17.7 Å². The normalized spacial score (nSPS) is 12.7. The van der Waals surface area contributed by atoms with Crippen LogP contribution in [0.4, 0.5) is 10.5 Å². The van der Waals surface area contributed by atoms with Gasteiger partial charge in [0.25, 0.3) is 0 Å². The second-order valence-electron chi connectivity index (χ2n) is 9.36. The Bertz CT molecular complexity index is 1540. The number of methoxy groups -OCH3 is 1. The van der Waals surface area contributed by atoms with Crippen LogP contribution in [-0.2, 0) is 22.5 Å². The average molecular weight is 543 g/mol. The van der Waals surface area contributed by atoms with Crippen LogP contribution in [0.5, 0.6) is 5.75 Å². The van der Waals surface area contributed by atoms with E-state index in [4.69, 9.17) is 9.47 Å². The van der Waals surface area contributed by atoms with E-state index in [0.717, 1.165) is 28.5 Å². The standard InChI is InChI=1S/C29H26N4O7/c1-39-27-11-10-18(12-19(27)15-32-16-20(14-30-32)33(37)38)13-26(28(34)35)31-29(36)40-17-25-23-8-4-2-6-21(23)22-7-3-5-9-24(22)25/h2-12,14,16,25-26H,13,15,17H2,1H3,(H,31,36)(H,34,35). The van der Waals surface area contributed by atoms with E-state index in [2.05, 4.69) is 10.4 Å². The van der Waals surface area contributed by atoms with Gasteiger partial charge in [-0.1, -0.05) is 60.7 Å². The molecule has 0 bridgehead atoms. The van der Waals surface area contributed by atoms with Gasteiger partial charge in [0.2, 0.25) is 0 Å². The van der Waals surface area contributed by atoms with Crippen LogP contribution in [0.1, 0.15) is 28.2 Å². The second kappa shape index (κ2) is 11.3. The first-order chi connectivity index (χ1) is 19.3. The van der Waals surface area contributed by atoms with E-state index in [0.29, 0.717) is 16.9 Å². The summed E-state index contributed by atoms with van der Waals surface area (Å²) in [5.41, 5.74) is 5.41. The van der Waals surface area contributed by atoms with Crippen LogP contribution in [-0.4, -0.2) is 51.6 Å². The number of rotatable bonds is 10. The van der Waals surface area contributed by atoms with Gasteiger partial charge in [0, 0.05) is 17.9 Å². The number of nitrogens with zero attached hydrogens (tertiary/aromatic N) is 3. The summed E-state index contributed by atoms with van der Waals surface area (Å²) in [6.45, 7) is 0.233. The highest BCUT2D eigenvalue weighted by molar-refractivity contribution is 5.81. The van der Waals surface area contributed by atoms with Gasteiger partial charge in [0.1, 0.15) is 30.8 Å². The number of carbonyl (C=O) groups is 2. The molecule has 1 unspecified atom stereocenters. The lowest BCUT2D eigenvalue weighted by Gasteiger charge is -2.18. The van der Waals surface area contributed by atoms with Crippen molar-refractivity contribution in [1.82, 2.24) is 15.1 Å². The smallest absolute Gasteiger partial charge is 0.407 e. The van der Waals surface area contributed by atoms with E-state index >= 15 is 0 Å². The maximum atomic E-state index is 12.7. The fraction of sp³-hybridized carbons (Fsp3) is 0.207. The summed E-state index contributed by atoms with van der Waals surface area (Å²) in [5.74, 6) is -0.851. The fourth-order valence-corrected chi connectivity index (χ4v) is 5.01. The number of carboxylic acid groups (broad SMARTS) is 1. The predicted octanol–water partition coefficient (Wildman–Crippen LogP) is 4.38. The number of carboxylic acids is 1. The van der Waals surface area contributed by atoms with Crippen LogP contribution in [0.15, 0.2) is 79.1 Å². The SMILES string of the molecule is COc1ccc(CC(NC(=O)OCC2c3ccccc3-c3ccccc32)C(=O)O)cc1Cn1cc([N+](=O)[O-])cn1. The van der Waals surface area contributed by atoms with Crippen LogP contribution in [0.25, 0.3) is 11.1 Å². The molecule has 1 amide bonds. The highest BCUT2D eigenvalue weighted by atomic mass is 16.6. The maximum absolute atomic E-state index is 12.7. The van der Waals surface area contributed by atoms with Crippen molar-refractivity contribution in [1.29, 1.82) is 0 Å². The molecule has 11 heteroatoms. The number of carbonyl (C=O) groups excluding carboxylic acids is 1. The number of fused-ring (bicyclic) bond motifs is 3. The molecule has 5 rings (SSSR count). The number of hydrogen-bond acceptors (Lipinski definition) is 7. The van der Waals surface area contributed by atoms with E-state index in [-0.39, 0.29) is 31.2 Å². The first kappa shape index (κ1) is 26.4. The molecule has 0 saturated carbocycles. The van der Waals surface area contributed by atoms with Crippen molar-refractivity contribution in [2.45, 2.75) is 24.9 Å². The van der Waals surface area contributed by atoms with Crippen LogP contribution >= 0.6 is 0 Å². The van der Waals surface area contributed by atoms with E-state index in [9.17, 15) is 24.8 Å². The third-order valence-corrected chi connectivity index (χ3v) is 6.88. The van der Waals surface area contributed by atoms with E-state index < -0.39 is 23.0 Å². The summed E-state index contributed by atoms with van der Waals surface area (Å²) >= 11 is 0. The van der Waals surface area contributed by atoms with E-state index in [1.54, 1.807) is 18.2 Å². The minimum atomic E-state index is -1.25. The van der Waals surface area contributed by atoms with Gasteiger partial charge in [0.05, 0.1) is 18.6 Å². The van der Waals surface area contributed by atoms with Crippen molar-refractivity contribution < 1.29 is 29.1 Å². The van der Waals surface area contributed by atoms with Crippen molar-refractivity contribution in [3.05, 3.63) is 111 Å². The third kappa shape index (κ3) is 5.48. The van der Waals surface area contributed by atoms with Crippen LogP contribution in [0.2, 0.25) is 0 Å². The Hall–Kier alpha value is -5.19. The maximum Gasteiger partial charge on any atom is 0.407 e. The number of alkyl carbamates (subject to hydrolysis) is 1. The lowest BCUT2D eigenvalue weighted by Crippen LogP contribution is -2.42. The zero-order valence-electron chi connectivity index (χ0n) is 21.5. The van der Waals surface area contributed by atoms with Crippen molar-refractivity contribution in [2.75, 3.05) is 13.7 Å². The summed E-state index contributed by atoms with van der Waals surface area (Å²) in [7, 11) is 1.49. The number of ether oxygens (including phenoxy) is 2. The largest absolute Gasteiger partial charge is 0.496 e. The zero-order chi connectivity index (χ0) is 28.2. The van der Waals surface area contributed by atoms with Gasteiger partial charge < -0.3 is 19.9 Å². The molecule has 40 heavy (non-hydrogen) atoms. The molecule has 0 fully saturated rings. The summed E-state index contributed by atoms with van der Waals surface area (Å²) in [6.07, 6.45) is 1.60. The number of hydrogen-bond donors (Lipinski definition) is 2. The molecule has 1 heterocycles. The minimum absolute atomic E-state index is 0.0181. The molecule has 1 aliphatic rings. The molecule has 0 saturated heterocycles. The Morgan fingerprint density at radius 1 is 1.10 bits per heavy atom. The van der Waals surface area contributed by atoms with Gasteiger partial charge in [0.15, 0.2) is 0 Å². The number of amides is 1. The summed E-state index contributed by atoms with van der Waals surface area (Å²) < 4.78 is 12.3. The topological polar surface area (TPSA) is 146 Å². The van der Waals surface area contributed by atoms with Crippen LogP contribution in [0.3, 0.4) is 0 Å². The molecule has 4 aromatic rings. The highest BCUT2D eigenvalue weighted by Gasteiger charge is 2.30. The van der Waals surface area contributed by atoms with Gasteiger partial charge in [-0.05, 0) is 33.9 Å². The zero-order valence-corrected chi connectivity index (χ0v) is 21.5. The Morgan fingerprint density at radius 2 is 1.77 bits per heavy atom. The molecule has 1 aliphatic carbocycles. The van der Waals surface area contributed by atoms with Gasteiger partial charge >= 0.3 is 17.7 Å². The Morgan fingerprint density at radius 3 is 2.38 bits per heavy atom. The monoisotopic (exact) mass is 542 g/mol. The molecule has 204 valence electrons. The fourth-order valence-electron chi connectivity index (χ4n) is 5.01. The van der Waals surface area contributed by atoms with Crippen LogP contribution < -0.4 is 10.1 Å². The van der Waals surface area contributed by atoms with E-state index in [1.807, 2.05) is 48.5 Å². The first-order valence-electron chi connectivity index (χ1n) is 12.5. The lowest BCUT2D eigenvalue weighted by atomic mass is 9.98. The van der Waals surface area contributed by atoms with Gasteiger partial charge in [-0.2, -0.15) is 5.10 Å². The average Bonchev–Trinajstić information content (AvgIpc) is 3.55. The number of aromatic nitrogens is 2. The molecule has 1 atom stereocenters. The number of aliphatic carboxylic acids is 1. The molecule has 0 aliphatic heterocycles. The molecule has 0 spiro atoms. The summed E-state index contributed by atoms with van der Waals surface area (Å²) in [6, 6.07) is 19.7. The van der Waals surface area contributed by atoms with Gasteiger partial charge in [-0.3, -0.25) is 14.8 Å². The molecule has 2 N–H and O–H groups in total. The van der Waals surface area contributed by atoms with Gasteiger partial charge in [-0.15, -0.1) is 0 Å². The Balaban J connectivity index is 1.26. The van der Waals surface area contributed by atoms with Gasteiger partial charge in [-0.25, -0.2) is 9.59 Å². The molecule has 11 nitrogen and oxygen atoms in total. The molecule has 0 radical (unpaired) electrons. The predicted molar refractivity (Wildman–Crippen MR) is 144 cm³/mol. The lowest BCUT2D eigenvalue weighted by molar-refractivity contribution is -0.385. The third-order valence-electron chi connectivity index (χ3n) is 6.88. The first-order valence-corrected chi connectivity index (χ1v) is 12.5. The number of nitro groups is 1. The summed E-state index contributed by atoms with van der Waals surface area (Å²) in [4.78, 5) is 35.2. The van der Waals surface area contributed by atoms with Crippen LogP contribution in [0, 0.1) is 10.1 Å². The Kier molecular flexibility index (Phi) is 7.45. The molecule has 3 aromatic carbocycles. The molecule has 1 aromatic heterocycles. The quantitative estimate of drug-likeness (QED) is 0.222. The van der Waals surface area contributed by atoms with Crippen molar-refractivity contribution in [3.8, 4) is 16.9 Å². The summed E-state index contributed by atoms with van der Waals surface area (Å²) in [5, 5.41) is 27.3.